The van der Waals surface area contributed by atoms with Crippen LogP contribution in [-0.2, 0) is 9.53 Å². The van der Waals surface area contributed by atoms with Gasteiger partial charge in [-0.3, -0.25) is 4.79 Å². The van der Waals surface area contributed by atoms with E-state index in [4.69, 9.17) is 9.84 Å². The molecular formula is C25H48NO3+. The number of hydrogen-bond acceptors (Lipinski definition) is 2. The molecule has 4 nitrogen and oxygen atoms in total. The molecule has 0 amide bonds. The van der Waals surface area contributed by atoms with E-state index >= 15 is 0 Å². The van der Waals surface area contributed by atoms with Gasteiger partial charge in [-0.1, -0.05) is 69.8 Å². The van der Waals surface area contributed by atoms with Crippen LogP contribution in [0, 0.1) is 0 Å². The fraction of sp³-hybridized carbons (Fsp3) is 0.800. The number of aliphatic carboxylic acids is 1. The summed E-state index contributed by atoms with van der Waals surface area (Å²) in [5.74, 6) is -0.777. The molecule has 0 saturated heterocycles. The van der Waals surface area contributed by atoms with Crippen molar-refractivity contribution in [3.05, 3.63) is 24.3 Å². The second-order valence-corrected chi connectivity index (χ2v) is 9.15. The maximum absolute atomic E-state index is 11.0. The maximum atomic E-state index is 11.0. The van der Waals surface area contributed by atoms with Gasteiger partial charge in [-0.25, -0.2) is 0 Å². The monoisotopic (exact) mass is 410 g/mol. The summed E-state index contributed by atoms with van der Waals surface area (Å²) in [5, 5.41) is 9.03. The summed E-state index contributed by atoms with van der Waals surface area (Å²) in [4.78, 5) is 11.0. The van der Waals surface area contributed by atoms with E-state index in [1.165, 1.54) is 64.2 Å². The molecule has 0 aliphatic heterocycles. The molecule has 0 aliphatic carbocycles. The SMILES string of the molecule is CCCCC/C=C/C/C=C/CCCCCCCCOC(CC(=O)O)C[N+](C)(C)C. The van der Waals surface area contributed by atoms with Crippen molar-refractivity contribution in [1.82, 2.24) is 0 Å². The Labute approximate surface area is 180 Å². The van der Waals surface area contributed by atoms with Crippen molar-refractivity contribution in [1.29, 1.82) is 0 Å². The van der Waals surface area contributed by atoms with E-state index in [0.717, 1.165) is 23.9 Å². The third-order valence-corrected chi connectivity index (χ3v) is 4.85. The van der Waals surface area contributed by atoms with Crippen molar-refractivity contribution in [2.24, 2.45) is 0 Å². The molecule has 0 heterocycles. The first kappa shape index (κ1) is 27.9. The molecule has 0 aromatic carbocycles. The zero-order valence-corrected chi connectivity index (χ0v) is 19.7. The van der Waals surface area contributed by atoms with Gasteiger partial charge < -0.3 is 14.3 Å². The molecule has 0 aromatic heterocycles. The Morgan fingerprint density at radius 3 is 1.97 bits per heavy atom. The number of quaternary nitrogens is 1. The quantitative estimate of drug-likeness (QED) is 0.144. The molecule has 0 spiro atoms. The number of allylic oxidation sites excluding steroid dienone is 4. The Balaban J connectivity index is 3.53. The van der Waals surface area contributed by atoms with Crippen molar-refractivity contribution in [2.45, 2.75) is 96.5 Å². The topological polar surface area (TPSA) is 46.5 Å². The van der Waals surface area contributed by atoms with Gasteiger partial charge in [-0.05, 0) is 38.5 Å². The van der Waals surface area contributed by atoms with Crippen LogP contribution in [0.1, 0.15) is 90.4 Å². The van der Waals surface area contributed by atoms with Gasteiger partial charge in [-0.15, -0.1) is 0 Å². The van der Waals surface area contributed by atoms with Gasteiger partial charge in [0.2, 0.25) is 0 Å². The second-order valence-electron chi connectivity index (χ2n) is 9.15. The highest BCUT2D eigenvalue weighted by Crippen LogP contribution is 2.10. The largest absolute Gasteiger partial charge is 0.481 e. The zero-order valence-electron chi connectivity index (χ0n) is 19.7. The Hall–Kier alpha value is -1.13. The van der Waals surface area contributed by atoms with E-state index in [1.807, 2.05) is 0 Å². The fourth-order valence-corrected chi connectivity index (χ4v) is 3.32. The Bertz CT molecular complexity index is 438. The predicted molar refractivity (Wildman–Crippen MR) is 124 cm³/mol. The smallest absolute Gasteiger partial charge is 0.306 e. The van der Waals surface area contributed by atoms with Crippen LogP contribution < -0.4 is 0 Å². The number of carbonyl (C=O) groups is 1. The highest BCUT2D eigenvalue weighted by atomic mass is 16.5. The van der Waals surface area contributed by atoms with E-state index in [-0.39, 0.29) is 12.5 Å². The minimum Gasteiger partial charge on any atom is -0.481 e. The number of hydrogen-bond donors (Lipinski definition) is 1. The molecule has 0 fully saturated rings. The van der Waals surface area contributed by atoms with E-state index in [9.17, 15) is 4.79 Å². The van der Waals surface area contributed by atoms with E-state index < -0.39 is 5.97 Å². The van der Waals surface area contributed by atoms with E-state index in [2.05, 4.69) is 52.4 Å². The standard InChI is InChI=1S/C25H47NO3/c1-5-6-7-8-9-10-11-12-13-14-15-16-17-18-19-20-21-29-24(22-25(27)28)23-26(2,3)4/h9-10,12-13,24H,5-8,11,14-23H2,1-4H3/p+1/b10-9+,13-12+. The lowest BCUT2D eigenvalue weighted by atomic mass is 10.1. The van der Waals surface area contributed by atoms with Crippen molar-refractivity contribution >= 4 is 5.97 Å². The van der Waals surface area contributed by atoms with Crippen LogP contribution in [0.4, 0.5) is 0 Å². The highest BCUT2D eigenvalue weighted by molar-refractivity contribution is 5.67. The van der Waals surface area contributed by atoms with Crippen LogP contribution in [0.2, 0.25) is 0 Å². The molecule has 1 N–H and O–H groups in total. The van der Waals surface area contributed by atoms with Crippen LogP contribution >= 0.6 is 0 Å². The van der Waals surface area contributed by atoms with Gasteiger partial charge in [0.15, 0.2) is 0 Å². The number of carboxylic acid groups (broad SMARTS) is 1. The average Bonchev–Trinajstić information content (AvgIpc) is 2.62. The van der Waals surface area contributed by atoms with Gasteiger partial charge in [0.1, 0.15) is 12.6 Å². The number of carboxylic acids is 1. The lowest BCUT2D eigenvalue weighted by Crippen LogP contribution is -2.43. The summed E-state index contributed by atoms with van der Waals surface area (Å²) in [6.45, 7) is 3.65. The van der Waals surface area contributed by atoms with Crippen LogP contribution in [0.5, 0.6) is 0 Å². The molecule has 0 aliphatic rings. The molecule has 0 bridgehead atoms. The highest BCUT2D eigenvalue weighted by Gasteiger charge is 2.21. The minimum atomic E-state index is -0.777. The molecule has 4 heteroatoms. The van der Waals surface area contributed by atoms with Crippen LogP contribution in [-0.4, -0.2) is 56.0 Å². The maximum Gasteiger partial charge on any atom is 0.306 e. The Morgan fingerprint density at radius 2 is 1.41 bits per heavy atom. The van der Waals surface area contributed by atoms with Crippen molar-refractivity contribution in [3.8, 4) is 0 Å². The molecule has 0 rings (SSSR count). The summed E-state index contributed by atoms with van der Waals surface area (Å²) in [5.41, 5.74) is 0. The summed E-state index contributed by atoms with van der Waals surface area (Å²) >= 11 is 0. The first-order chi connectivity index (χ1) is 13.8. The lowest BCUT2D eigenvalue weighted by molar-refractivity contribution is -0.873. The number of nitrogens with zero attached hydrogens (tertiary/aromatic N) is 1. The second kappa shape index (κ2) is 18.9. The summed E-state index contributed by atoms with van der Waals surface area (Å²) in [6.07, 6.45) is 23.9. The van der Waals surface area contributed by atoms with Crippen LogP contribution in [0.25, 0.3) is 0 Å². The molecule has 0 saturated carbocycles. The van der Waals surface area contributed by atoms with Crippen molar-refractivity contribution < 1.29 is 19.1 Å². The molecular weight excluding hydrogens is 362 g/mol. The van der Waals surface area contributed by atoms with Crippen LogP contribution in [0.3, 0.4) is 0 Å². The van der Waals surface area contributed by atoms with Gasteiger partial charge >= 0.3 is 5.97 Å². The molecule has 29 heavy (non-hydrogen) atoms. The first-order valence-electron chi connectivity index (χ1n) is 11.8. The predicted octanol–water partition coefficient (Wildman–Crippen LogP) is 6.37. The van der Waals surface area contributed by atoms with Gasteiger partial charge in [0, 0.05) is 6.61 Å². The zero-order chi connectivity index (χ0) is 21.8. The van der Waals surface area contributed by atoms with Crippen LogP contribution in [0.15, 0.2) is 24.3 Å². The Kier molecular flexibility index (Phi) is 18.1. The molecule has 170 valence electrons. The number of likely N-dealkylation sites (N-methyl/N-ethyl adjacent to an activating group) is 1. The summed E-state index contributed by atoms with van der Waals surface area (Å²) < 4.78 is 6.56. The molecule has 0 aromatic rings. The fourth-order valence-electron chi connectivity index (χ4n) is 3.32. The average molecular weight is 411 g/mol. The van der Waals surface area contributed by atoms with Crippen molar-refractivity contribution in [3.63, 3.8) is 0 Å². The molecule has 1 atom stereocenters. The van der Waals surface area contributed by atoms with Gasteiger partial charge in [-0.2, -0.15) is 0 Å². The van der Waals surface area contributed by atoms with E-state index in [1.54, 1.807) is 0 Å². The lowest BCUT2D eigenvalue weighted by Gasteiger charge is -2.28. The third-order valence-electron chi connectivity index (χ3n) is 4.85. The molecule has 1 unspecified atom stereocenters. The van der Waals surface area contributed by atoms with Crippen molar-refractivity contribution in [2.75, 3.05) is 34.3 Å². The number of rotatable bonds is 20. The summed E-state index contributed by atoms with van der Waals surface area (Å²) in [7, 11) is 6.20. The number of unbranched alkanes of at least 4 members (excludes halogenated alkanes) is 9. The van der Waals surface area contributed by atoms with Gasteiger partial charge in [0.05, 0.1) is 27.6 Å². The van der Waals surface area contributed by atoms with E-state index in [0.29, 0.717) is 6.61 Å². The minimum absolute atomic E-state index is 0.0949. The number of ether oxygens (including phenoxy) is 1. The first-order valence-corrected chi connectivity index (χ1v) is 11.8. The van der Waals surface area contributed by atoms with Gasteiger partial charge in [0.25, 0.3) is 0 Å². The molecule has 0 radical (unpaired) electrons. The Morgan fingerprint density at radius 1 is 0.862 bits per heavy atom. The summed E-state index contributed by atoms with van der Waals surface area (Å²) in [6, 6.07) is 0. The normalized spacial score (nSPS) is 13.5. The third kappa shape index (κ3) is 23.0.